The molecule has 1 amide bonds. The zero-order valence-corrected chi connectivity index (χ0v) is 15.9. The molecule has 6 N–H and O–H groups in total. The maximum Gasteiger partial charge on any atom is 0.269 e. The van der Waals surface area contributed by atoms with Crippen LogP contribution in [0.5, 0.6) is 0 Å². The molecule has 1 saturated carbocycles. The first-order chi connectivity index (χ1) is 14.0. The number of ketones is 1. The SMILES string of the molecule is NC(=CC(=O)C1CC1)C(O)NC(C(=O)N=C(N)c1ccccc1)c1ccccc1. The average Bonchev–Trinajstić information content (AvgIpc) is 3.58. The van der Waals surface area contributed by atoms with Gasteiger partial charge in [0.2, 0.25) is 0 Å². The van der Waals surface area contributed by atoms with E-state index in [1.807, 2.05) is 12.1 Å². The van der Waals surface area contributed by atoms with Gasteiger partial charge in [0.25, 0.3) is 5.91 Å². The summed E-state index contributed by atoms with van der Waals surface area (Å²) >= 11 is 0. The highest BCUT2D eigenvalue weighted by molar-refractivity contribution is 6.05. The minimum Gasteiger partial charge on any atom is -0.399 e. The smallest absolute Gasteiger partial charge is 0.269 e. The molecule has 1 aliphatic carbocycles. The molecule has 2 unspecified atom stereocenters. The summed E-state index contributed by atoms with van der Waals surface area (Å²) in [6, 6.07) is 16.7. The Hall–Kier alpha value is -3.29. The molecule has 7 nitrogen and oxygen atoms in total. The number of nitrogens with one attached hydrogen (secondary N) is 1. The Labute approximate surface area is 169 Å². The number of carbonyl (C=O) groups excluding carboxylic acids is 2. The summed E-state index contributed by atoms with van der Waals surface area (Å²) in [4.78, 5) is 28.8. The van der Waals surface area contributed by atoms with Crippen molar-refractivity contribution in [3.05, 3.63) is 83.6 Å². The lowest BCUT2D eigenvalue weighted by Crippen LogP contribution is -2.40. The lowest BCUT2D eigenvalue weighted by Gasteiger charge is -2.21. The van der Waals surface area contributed by atoms with Crippen LogP contribution in [0.15, 0.2) is 77.4 Å². The number of hydrogen-bond acceptors (Lipinski definition) is 5. The fraction of sp³-hybridized carbons (Fsp3) is 0.227. The Bertz CT molecular complexity index is 922. The Kier molecular flexibility index (Phi) is 6.54. The summed E-state index contributed by atoms with van der Waals surface area (Å²) in [6.45, 7) is 0. The molecule has 29 heavy (non-hydrogen) atoms. The Morgan fingerprint density at radius 1 is 1.03 bits per heavy atom. The third-order valence-corrected chi connectivity index (χ3v) is 4.61. The highest BCUT2D eigenvalue weighted by Gasteiger charge is 2.29. The molecule has 0 aromatic heterocycles. The number of amidine groups is 1. The number of aliphatic hydroxyl groups is 1. The van der Waals surface area contributed by atoms with Crippen molar-refractivity contribution in [2.75, 3.05) is 0 Å². The fourth-order valence-electron chi connectivity index (χ4n) is 2.80. The number of rotatable bonds is 8. The van der Waals surface area contributed by atoms with Gasteiger partial charge in [0, 0.05) is 17.6 Å². The van der Waals surface area contributed by atoms with Gasteiger partial charge in [-0.05, 0) is 18.4 Å². The van der Waals surface area contributed by atoms with Gasteiger partial charge in [0.1, 0.15) is 18.1 Å². The summed E-state index contributed by atoms with van der Waals surface area (Å²) in [5.74, 6) is -0.641. The number of aliphatic imine (C=N–C) groups is 1. The maximum atomic E-state index is 12.9. The van der Waals surface area contributed by atoms with Gasteiger partial charge in [-0.15, -0.1) is 0 Å². The van der Waals surface area contributed by atoms with Gasteiger partial charge in [-0.2, -0.15) is 4.99 Å². The molecule has 1 aliphatic rings. The van der Waals surface area contributed by atoms with Gasteiger partial charge in [-0.3, -0.25) is 14.9 Å². The number of nitrogens with two attached hydrogens (primary N) is 2. The van der Waals surface area contributed by atoms with Crippen molar-refractivity contribution in [3.63, 3.8) is 0 Å². The number of aliphatic hydroxyl groups excluding tert-OH is 1. The molecule has 0 spiro atoms. The van der Waals surface area contributed by atoms with E-state index in [4.69, 9.17) is 11.5 Å². The van der Waals surface area contributed by atoms with E-state index in [-0.39, 0.29) is 23.2 Å². The van der Waals surface area contributed by atoms with Crippen molar-refractivity contribution in [2.24, 2.45) is 22.4 Å². The molecule has 2 atom stereocenters. The van der Waals surface area contributed by atoms with Crippen molar-refractivity contribution in [2.45, 2.75) is 25.1 Å². The zero-order chi connectivity index (χ0) is 20.8. The summed E-state index contributed by atoms with van der Waals surface area (Å²) in [5, 5.41) is 13.2. The lowest BCUT2D eigenvalue weighted by atomic mass is 10.1. The van der Waals surface area contributed by atoms with Crippen LogP contribution in [0.25, 0.3) is 0 Å². The molecule has 0 saturated heterocycles. The van der Waals surface area contributed by atoms with Crippen LogP contribution in [0.4, 0.5) is 0 Å². The Morgan fingerprint density at radius 3 is 2.21 bits per heavy atom. The summed E-state index contributed by atoms with van der Waals surface area (Å²) < 4.78 is 0. The van der Waals surface area contributed by atoms with E-state index in [0.717, 1.165) is 12.8 Å². The maximum absolute atomic E-state index is 12.9. The Morgan fingerprint density at radius 2 is 1.62 bits per heavy atom. The van der Waals surface area contributed by atoms with Crippen molar-refractivity contribution in [3.8, 4) is 0 Å². The van der Waals surface area contributed by atoms with Crippen molar-refractivity contribution in [1.82, 2.24) is 5.32 Å². The van der Waals surface area contributed by atoms with Gasteiger partial charge in [-0.25, -0.2) is 0 Å². The minimum atomic E-state index is -1.39. The van der Waals surface area contributed by atoms with Crippen LogP contribution in [0.3, 0.4) is 0 Å². The number of amides is 1. The van der Waals surface area contributed by atoms with E-state index in [1.54, 1.807) is 48.5 Å². The second-order valence-electron chi connectivity index (χ2n) is 6.94. The summed E-state index contributed by atoms with van der Waals surface area (Å²) in [5.41, 5.74) is 13.0. The highest BCUT2D eigenvalue weighted by atomic mass is 16.3. The molecule has 0 aliphatic heterocycles. The quantitative estimate of drug-likeness (QED) is 0.232. The number of carbonyl (C=O) groups is 2. The van der Waals surface area contributed by atoms with E-state index in [0.29, 0.717) is 11.1 Å². The largest absolute Gasteiger partial charge is 0.399 e. The predicted molar refractivity (Wildman–Crippen MR) is 111 cm³/mol. The second kappa shape index (κ2) is 9.27. The molecular formula is C22H24N4O3. The summed E-state index contributed by atoms with van der Waals surface area (Å²) in [7, 11) is 0. The third kappa shape index (κ3) is 5.60. The summed E-state index contributed by atoms with van der Waals surface area (Å²) in [6.07, 6.45) is 1.51. The fourth-order valence-corrected chi connectivity index (χ4v) is 2.80. The van der Waals surface area contributed by atoms with Crippen LogP contribution < -0.4 is 16.8 Å². The van der Waals surface area contributed by atoms with Gasteiger partial charge >= 0.3 is 0 Å². The molecule has 3 rings (SSSR count). The van der Waals surface area contributed by atoms with Crippen LogP contribution in [-0.4, -0.2) is 28.9 Å². The molecule has 0 bridgehead atoms. The zero-order valence-electron chi connectivity index (χ0n) is 15.9. The van der Waals surface area contributed by atoms with E-state index in [1.165, 1.54) is 6.08 Å². The standard InChI is InChI=1S/C22H24N4O3/c23-17(13-18(27)14-11-12-14)21(28)25-19(15-7-3-1-4-8-15)22(29)26-20(24)16-9-5-2-6-10-16/h1-10,13-14,19,21,25,28H,11-12,23H2,(H2,24,26,29). The molecule has 2 aromatic carbocycles. The van der Waals surface area contributed by atoms with Crippen LogP contribution in [-0.2, 0) is 9.59 Å². The second-order valence-corrected chi connectivity index (χ2v) is 6.94. The topological polar surface area (TPSA) is 131 Å². The minimum absolute atomic E-state index is 0.0115. The van der Waals surface area contributed by atoms with Gasteiger partial charge < -0.3 is 16.6 Å². The molecular weight excluding hydrogens is 368 g/mol. The predicted octanol–water partition coefficient (Wildman–Crippen LogP) is 1.39. The van der Waals surface area contributed by atoms with Crippen LogP contribution >= 0.6 is 0 Å². The highest BCUT2D eigenvalue weighted by Crippen LogP contribution is 2.30. The first kappa shape index (κ1) is 20.4. The van der Waals surface area contributed by atoms with Crippen molar-refractivity contribution in [1.29, 1.82) is 0 Å². The number of allylic oxidation sites excluding steroid dienone is 1. The number of nitrogens with zero attached hydrogens (tertiary/aromatic N) is 1. The Balaban J connectivity index is 1.81. The lowest BCUT2D eigenvalue weighted by molar-refractivity contribution is -0.120. The van der Waals surface area contributed by atoms with Crippen molar-refractivity contribution < 1.29 is 14.7 Å². The monoisotopic (exact) mass is 392 g/mol. The van der Waals surface area contributed by atoms with Crippen LogP contribution in [0, 0.1) is 5.92 Å². The van der Waals surface area contributed by atoms with E-state index in [9.17, 15) is 14.7 Å². The van der Waals surface area contributed by atoms with Gasteiger partial charge in [0.05, 0.1) is 5.70 Å². The number of hydrogen-bond donors (Lipinski definition) is 4. The molecule has 0 heterocycles. The van der Waals surface area contributed by atoms with Crippen LogP contribution in [0.1, 0.15) is 30.0 Å². The third-order valence-electron chi connectivity index (χ3n) is 4.61. The number of benzene rings is 2. The molecule has 1 fully saturated rings. The van der Waals surface area contributed by atoms with E-state index in [2.05, 4.69) is 10.3 Å². The average molecular weight is 392 g/mol. The van der Waals surface area contributed by atoms with Gasteiger partial charge in [-0.1, -0.05) is 60.7 Å². The molecule has 150 valence electrons. The van der Waals surface area contributed by atoms with Gasteiger partial charge in [0.15, 0.2) is 5.78 Å². The first-order valence-electron chi connectivity index (χ1n) is 9.39. The molecule has 0 radical (unpaired) electrons. The van der Waals surface area contributed by atoms with Crippen LogP contribution in [0.2, 0.25) is 0 Å². The van der Waals surface area contributed by atoms with E-state index >= 15 is 0 Å². The van der Waals surface area contributed by atoms with Crippen molar-refractivity contribution >= 4 is 17.5 Å². The molecule has 2 aromatic rings. The van der Waals surface area contributed by atoms with E-state index < -0.39 is 18.2 Å². The molecule has 7 heteroatoms. The first-order valence-corrected chi connectivity index (χ1v) is 9.39. The normalized spacial score (nSPS) is 16.9.